The maximum Gasteiger partial charge on any atom is 0.309 e. The lowest BCUT2D eigenvalue weighted by Gasteiger charge is -2.26. The summed E-state index contributed by atoms with van der Waals surface area (Å²) in [4.78, 5) is 41.6. The standard InChI is InChI=1S/C36H42N2O5/c1-3-14-31(25-34(40)38(22-23-39)26-29-18-10-6-11-19-29)35(41)37-33(30-20-12-7-13-21-30)27-43-36(42)32(15-4-2)24-28-16-8-5-9-17-28/h3-13,16-21,31-33,39H,1-2,14-15,22-27H2,(H,37,41)/t31-,32+,33-/m1/s1. The van der Waals surface area contributed by atoms with Crippen molar-refractivity contribution in [2.45, 2.75) is 38.3 Å². The lowest BCUT2D eigenvalue weighted by Crippen LogP contribution is -2.40. The van der Waals surface area contributed by atoms with Gasteiger partial charge in [0.15, 0.2) is 0 Å². The summed E-state index contributed by atoms with van der Waals surface area (Å²) in [5.41, 5.74) is 2.74. The van der Waals surface area contributed by atoms with Gasteiger partial charge in [-0.15, -0.1) is 13.2 Å². The number of benzene rings is 3. The van der Waals surface area contributed by atoms with Gasteiger partial charge in [0.05, 0.1) is 24.5 Å². The summed E-state index contributed by atoms with van der Waals surface area (Å²) in [6.07, 6.45) is 4.55. The predicted octanol–water partition coefficient (Wildman–Crippen LogP) is 5.43. The van der Waals surface area contributed by atoms with Crippen molar-refractivity contribution >= 4 is 17.8 Å². The number of amides is 2. The minimum atomic E-state index is -0.685. The van der Waals surface area contributed by atoms with Crippen molar-refractivity contribution in [1.29, 1.82) is 0 Å². The number of aliphatic hydroxyl groups is 1. The van der Waals surface area contributed by atoms with Crippen LogP contribution in [0.4, 0.5) is 0 Å². The van der Waals surface area contributed by atoms with E-state index < -0.39 is 17.9 Å². The number of hydrogen-bond donors (Lipinski definition) is 2. The zero-order chi connectivity index (χ0) is 30.9. The summed E-state index contributed by atoms with van der Waals surface area (Å²) in [6.45, 7) is 7.83. The van der Waals surface area contributed by atoms with Gasteiger partial charge >= 0.3 is 5.97 Å². The average molecular weight is 583 g/mol. The van der Waals surface area contributed by atoms with Gasteiger partial charge in [-0.05, 0) is 36.0 Å². The Hall–Kier alpha value is -4.49. The van der Waals surface area contributed by atoms with Gasteiger partial charge in [0.1, 0.15) is 6.61 Å². The van der Waals surface area contributed by atoms with Gasteiger partial charge in [0, 0.05) is 19.5 Å². The van der Waals surface area contributed by atoms with E-state index in [1.807, 2.05) is 91.0 Å². The third-order valence-corrected chi connectivity index (χ3v) is 7.20. The van der Waals surface area contributed by atoms with Crippen LogP contribution < -0.4 is 5.32 Å². The van der Waals surface area contributed by atoms with E-state index in [1.54, 1.807) is 17.1 Å². The number of hydrogen-bond acceptors (Lipinski definition) is 5. The molecule has 0 saturated carbocycles. The lowest BCUT2D eigenvalue weighted by atomic mass is 9.96. The van der Waals surface area contributed by atoms with E-state index in [-0.39, 0.29) is 50.4 Å². The monoisotopic (exact) mass is 582 g/mol. The fourth-order valence-corrected chi connectivity index (χ4v) is 4.88. The first-order valence-corrected chi connectivity index (χ1v) is 14.6. The molecule has 0 unspecified atom stereocenters. The highest BCUT2D eigenvalue weighted by atomic mass is 16.5. The summed E-state index contributed by atoms with van der Waals surface area (Å²) in [5, 5.41) is 12.6. The molecule has 3 atom stereocenters. The molecule has 43 heavy (non-hydrogen) atoms. The van der Waals surface area contributed by atoms with Gasteiger partial charge in [-0.25, -0.2) is 0 Å². The topological polar surface area (TPSA) is 95.9 Å². The SMILES string of the molecule is C=CC[C@H](CC(=O)N(CCO)Cc1ccccc1)C(=O)N[C@H](COC(=O)[C@@H](CC=C)Cc1ccccc1)c1ccccc1. The quantitative estimate of drug-likeness (QED) is 0.154. The summed E-state index contributed by atoms with van der Waals surface area (Å²) in [6, 6.07) is 27.9. The smallest absolute Gasteiger partial charge is 0.309 e. The molecule has 0 aliphatic carbocycles. The molecular formula is C36H42N2O5. The molecule has 3 aromatic rings. The van der Waals surface area contributed by atoms with Crippen molar-refractivity contribution in [2.75, 3.05) is 19.8 Å². The van der Waals surface area contributed by atoms with Crippen molar-refractivity contribution in [2.24, 2.45) is 11.8 Å². The molecule has 0 aromatic heterocycles. The van der Waals surface area contributed by atoms with Gasteiger partial charge in [-0.1, -0.05) is 103 Å². The van der Waals surface area contributed by atoms with Crippen LogP contribution in [0.25, 0.3) is 0 Å². The van der Waals surface area contributed by atoms with E-state index in [0.29, 0.717) is 19.4 Å². The van der Waals surface area contributed by atoms with Crippen LogP contribution in [0.2, 0.25) is 0 Å². The maximum atomic E-state index is 13.6. The molecule has 0 bridgehead atoms. The molecule has 226 valence electrons. The first kappa shape index (κ1) is 33.0. The van der Waals surface area contributed by atoms with Crippen LogP contribution in [-0.2, 0) is 32.1 Å². The number of carbonyl (C=O) groups is 3. The summed E-state index contributed by atoms with van der Waals surface area (Å²) < 4.78 is 5.78. The Morgan fingerprint density at radius 1 is 0.814 bits per heavy atom. The molecular weight excluding hydrogens is 540 g/mol. The average Bonchev–Trinajstić information content (AvgIpc) is 3.03. The second kappa shape index (κ2) is 18.1. The lowest BCUT2D eigenvalue weighted by molar-refractivity contribution is -0.150. The van der Waals surface area contributed by atoms with Crippen LogP contribution in [0.1, 0.15) is 42.0 Å². The normalized spacial score (nSPS) is 12.8. The molecule has 2 amide bonds. The van der Waals surface area contributed by atoms with Crippen molar-refractivity contribution in [3.05, 3.63) is 133 Å². The zero-order valence-corrected chi connectivity index (χ0v) is 24.6. The molecule has 0 saturated heterocycles. The van der Waals surface area contributed by atoms with Gasteiger partial charge in [-0.3, -0.25) is 14.4 Å². The molecule has 7 nitrogen and oxygen atoms in total. The number of nitrogens with zero attached hydrogens (tertiary/aromatic N) is 1. The molecule has 0 heterocycles. The number of aliphatic hydroxyl groups excluding tert-OH is 1. The van der Waals surface area contributed by atoms with Gasteiger partial charge < -0.3 is 20.1 Å². The Bertz CT molecular complexity index is 1300. The molecule has 3 aromatic carbocycles. The van der Waals surface area contributed by atoms with Crippen LogP contribution in [0.3, 0.4) is 0 Å². The fourth-order valence-electron chi connectivity index (χ4n) is 4.88. The highest BCUT2D eigenvalue weighted by Crippen LogP contribution is 2.21. The first-order valence-electron chi connectivity index (χ1n) is 14.6. The minimum absolute atomic E-state index is 0.0511. The number of carbonyl (C=O) groups excluding carboxylic acids is 3. The molecule has 0 radical (unpaired) electrons. The van der Waals surface area contributed by atoms with Crippen molar-refractivity contribution in [3.63, 3.8) is 0 Å². The summed E-state index contributed by atoms with van der Waals surface area (Å²) in [7, 11) is 0. The highest BCUT2D eigenvalue weighted by molar-refractivity contribution is 5.86. The number of rotatable bonds is 18. The van der Waals surface area contributed by atoms with E-state index in [4.69, 9.17) is 4.74 Å². The molecule has 0 aliphatic heterocycles. The van der Waals surface area contributed by atoms with Crippen LogP contribution in [0.15, 0.2) is 116 Å². The third-order valence-electron chi connectivity index (χ3n) is 7.20. The molecule has 3 rings (SSSR count). The Morgan fingerprint density at radius 2 is 1.37 bits per heavy atom. The van der Waals surface area contributed by atoms with Crippen molar-refractivity contribution in [1.82, 2.24) is 10.2 Å². The van der Waals surface area contributed by atoms with Crippen molar-refractivity contribution < 1.29 is 24.2 Å². The third kappa shape index (κ3) is 11.0. The number of esters is 1. The summed E-state index contributed by atoms with van der Waals surface area (Å²) >= 11 is 0. The molecule has 0 fully saturated rings. The highest BCUT2D eigenvalue weighted by Gasteiger charge is 2.28. The predicted molar refractivity (Wildman–Crippen MR) is 169 cm³/mol. The second-order valence-corrected chi connectivity index (χ2v) is 10.5. The second-order valence-electron chi connectivity index (χ2n) is 10.5. The van der Waals surface area contributed by atoms with Crippen LogP contribution >= 0.6 is 0 Å². The number of nitrogens with one attached hydrogen (secondary N) is 1. The largest absolute Gasteiger partial charge is 0.463 e. The van der Waals surface area contributed by atoms with E-state index in [0.717, 1.165) is 16.7 Å². The van der Waals surface area contributed by atoms with Gasteiger partial charge in [-0.2, -0.15) is 0 Å². The van der Waals surface area contributed by atoms with E-state index in [9.17, 15) is 19.5 Å². The Kier molecular flexibility index (Phi) is 13.9. The first-order chi connectivity index (χ1) is 20.9. The molecule has 7 heteroatoms. The van der Waals surface area contributed by atoms with Crippen LogP contribution in [-0.4, -0.2) is 47.5 Å². The Labute approximate surface area is 254 Å². The maximum absolute atomic E-state index is 13.6. The summed E-state index contributed by atoms with van der Waals surface area (Å²) in [5.74, 6) is -2.03. The number of ether oxygens (including phenoxy) is 1. The van der Waals surface area contributed by atoms with Crippen LogP contribution in [0.5, 0.6) is 0 Å². The van der Waals surface area contributed by atoms with Gasteiger partial charge in [0.25, 0.3) is 0 Å². The van der Waals surface area contributed by atoms with E-state index >= 15 is 0 Å². The molecule has 0 aliphatic rings. The van der Waals surface area contributed by atoms with Crippen molar-refractivity contribution in [3.8, 4) is 0 Å². The molecule has 2 N–H and O–H groups in total. The zero-order valence-electron chi connectivity index (χ0n) is 24.6. The fraction of sp³-hybridized carbons (Fsp3) is 0.306. The Balaban J connectivity index is 1.71. The molecule has 0 spiro atoms. The van der Waals surface area contributed by atoms with E-state index in [1.165, 1.54) is 0 Å². The number of allylic oxidation sites excluding steroid dienone is 2. The van der Waals surface area contributed by atoms with E-state index in [2.05, 4.69) is 18.5 Å². The minimum Gasteiger partial charge on any atom is -0.463 e. The van der Waals surface area contributed by atoms with Gasteiger partial charge in [0.2, 0.25) is 11.8 Å². The van der Waals surface area contributed by atoms with Crippen LogP contribution in [0, 0.1) is 11.8 Å². The Morgan fingerprint density at radius 3 is 1.95 bits per heavy atom.